The molecular formula is C30H32N2O. The molecule has 1 aliphatic carbocycles. The van der Waals surface area contributed by atoms with Crippen molar-refractivity contribution in [2.75, 3.05) is 38.1 Å². The van der Waals surface area contributed by atoms with Gasteiger partial charge in [-0.1, -0.05) is 48.5 Å². The standard InChI is InChI=1S/C30H32N2O/c1-31-15-17-32(18-16-31)25-12-14-26-24(19-25)20-29(33-21-22-7-3-2-4-8-22)30-27-10-6-5-9-23(27)11-13-28(26)30/h2-4,7-8,11-14,19-20H,5-6,9-10,15-18,21H2,1H3. The molecule has 2 aliphatic rings. The van der Waals surface area contributed by atoms with E-state index >= 15 is 0 Å². The Hall–Kier alpha value is -3.04. The number of hydrogen-bond acceptors (Lipinski definition) is 3. The summed E-state index contributed by atoms with van der Waals surface area (Å²) in [6.07, 6.45) is 4.90. The summed E-state index contributed by atoms with van der Waals surface area (Å²) < 4.78 is 6.56. The molecule has 1 aliphatic heterocycles. The highest BCUT2D eigenvalue weighted by atomic mass is 16.5. The van der Waals surface area contributed by atoms with Gasteiger partial charge in [0.25, 0.3) is 0 Å². The summed E-state index contributed by atoms with van der Waals surface area (Å²) in [6, 6.07) is 24.5. The number of piperazine rings is 1. The van der Waals surface area contributed by atoms with Crippen molar-refractivity contribution < 1.29 is 4.74 Å². The molecule has 3 heteroatoms. The van der Waals surface area contributed by atoms with E-state index in [1.807, 2.05) is 0 Å². The lowest BCUT2D eigenvalue weighted by atomic mass is 9.86. The average molecular weight is 437 g/mol. The summed E-state index contributed by atoms with van der Waals surface area (Å²) in [7, 11) is 2.21. The van der Waals surface area contributed by atoms with Crippen LogP contribution in [0.3, 0.4) is 0 Å². The normalized spacial score (nSPS) is 16.8. The van der Waals surface area contributed by atoms with Gasteiger partial charge in [0, 0.05) is 37.3 Å². The number of aryl methyl sites for hydroxylation is 2. The molecule has 0 atom stereocenters. The molecule has 0 spiro atoms. The lowest BCUT2D eigenvalue weighted by molar-refractivity contribution is 0.310. The van der Waals surface area contributed by atoms with Gasteiger partial charge >= 0.3 is 0 Å². The molecule has 0 bridgehead atoms. The molecule has 1 fully saturated rings. The summed E-state index contributed by atoms with van der Waals surface area (Å²) >= 11 is 0. The molecule has 0 N–H and O–H groups in total. The van der Waals surface area contributed by atoms with Gasteiger partial charge in [0.1, 0.15) is 12.4 Å². The second-order valence-electron chi connectivity index (χ2n) is 9.68. The van der Waals surface area contributed by atoms with Crippen LogP contribution in [0.5, 0.6) is 5.75 Å². The first kappa shape index (κ1) is 20.6. The Morgan fingerprint density at radius 3 is 2.42 bits per heavy atom. The van der Waals surface area contributed by atoms with Crippen LogP contribution in [-0.4, -0.2) is 38.1 Å². The fraction of sp³-hybridized carbons (Fsp3) is 0.333. The first-order chi connectivity index (χ1) is 16.3. The van der Waals surface area contributed by atoms with Crippen LogP contribution in [0, 0.1) is 0 Å². The largest absolute Gasteiger partial charge is 0.488 e. The topological polar surface area (TPSA) is 15.7 Å². The molecule has 168 valence electrons. The van der Waals surface area contributed by atoms with Crippen molar-refractivity contribution in [1.82, 2.24) is 4.90 Å². The molecule has 3 nitrogen and oxygen atoms in total. The highest BCUT2D eigenvalue weighted by Gasteiger charge is 2.19. The Balaban J connectivity index is 1.47. The van der Waals surface area contributed by atoms with Crippen LogP contribution in [0.1, 0.15) is 29.5 Å². The monoisotopic (exact) mass is 436 g/mol. The number of rotatable bonds is 4. The Morgan fingerprint density at radius 1 is 0.788 bits per heavy atom. The van der Waals surface area contributed by atoms with Crippen LogP contribution in [-0.2, 0) is 19.4 Å². The number of benzene rings is 4. The minimum Gasteiger partial charge on any atom is -0.488 e. The van der Waals surface area contributed by atoms with E-state index in [4.69, 9.17) is 4.74 Å². The van der Waals surface area contributed by atoms with E-state index in [1.54, 1.807) is 0 Å². The third kappa shape index (κ3) is 3.95. The molecule has 33 heavy (non-hydrogen) atoms. The molecule has 1 heterocycles. The van der Waals surface area contributed by atoms with Crippen molar-refractivity contribution >= 4 is 27.2 Å². The number of nitrogens with zero attached hydrogens (tertiary/aromatic N) is 2. The van der Waals surface area contributed by atoms with E-state index in [0.717, 1.165) is 38.3 Å². The SMILES string of the molecule is CN1CCN(c2ccc3c(c2)cc(OCc2ccccc2)c2c4c(ccc23)CCCC4)CC1. The van der Waals surface area contributed by atoms with Gasteiger partial charge in [-0.3, -0.25) is 0 Å². The van der Waals surface area contributed by atoms with Crippen molar-refractivity contribution in [1.29, 1.82) is 0 Å². The van der Waals surface area contributed by atoms with Gasteiger partial charge in [0.2, 0.25) is 0 Å². The summed E-state index contributed by atoms with van der Waals surface area (Å²) in [6.45, 7) is 5.00. The molecule has 0 aromatic heterocycles. The van der Waals surface area contributed by atoms with Gasteiger partial charge in [-0.25, -0.2) is 0 Å². The first-order valence-corrected chi connectivity index (χ1v) is 12.4. The third-order valence-corrected chi connectivity index (χ3v) is 7.50. The third-order valence-electron chi connectivity index (χ3n) is 7.50. The Morgan fingerprint density at radius 2 is 1.58 bits per heavy atom. The molecule has 0 amide bonds. The maximum Gasteiger partial charge on any atom is 0.128 e. The summed E-state index contributed by atoms with van der Waals surface area (Å²) in [5, 5.41) is 5.28. The van der Waals surface area contributed by atoms with Crippen molar-refractivity contribution in [3.8, 4) is 5.75 Å². The van der Waals surface area contributed by atoms with Crippen LogP contribution in [0.2, 0.25) is 0 Å². The lowest BCUT2D eigenvalue weighted by Gasteiger charge is -2.34. The summed E-state index contributed by atoms with van der Waals surface area (Å²) in [5.74, 6) is 1.04. The van der Waals surface area contributed by atoms with Crippen LogP contribution < -0.4 is 9.64 Å². The molecule has 0 unspecified atom stereocenters. The first-order valence-electron chi connectivity index (χ1n) is 12.4. The van der Waals surface area contributed by atoms with E-state index in [2.05, 4.69) is 83.6 Å². The van der Waals surface area contributed by atoms with Gasteiger partial charge in [-0.2, -0.15) is 0 Å². The Bertz CT molecular complexity index is 1290. The maximum atomic E-state index is 6.56. The van der Waals surface area contributed by atoms with Gasteiger partial charge < -0.3 is 14.5 Å². The quantitative estimate of drug-likeness (QED) is 0.354. The fourth-order valence-electron chi connectivity index (χ4n) is 5.57. The Labute approximate surface area is 196 Å². The van der Waals surface area contributed by atoms with E-state index in [0.29, 0.717) is 6.61 Å². The van der Waals surface area contributed by atoms with Crippen molar-refractivity contribution in [2.45, 2.75) is 32.3 Å². The number of ether oxygens (including phenoxy) is 1. The van der Waals surface area contributed by atoms with Gasteiger partial charge in [0.05, 0.1) is 0 Å². The van der Waals surface area contributed by atoms with Crippen molar-refractivity contribution in [2.24, 2.45) is 0 Å². The minimum absolute atomic E-state index is 0.600. The smallest absolute Gasteiger partial charge is 0.128 e. The van der Waals surface area contributed by atoms with E-state index < -0.39 is 0 Å². The molecule has 0 saturated carbocycles. The number of likely N-dealkylation sites (N-methyl/N-ethyl adjacent to an activating group) is 1. The lowest BCUT2D eigenvalue weighted by Crippen LogP contribution is -2.44. The van der Waals surface area contributed by atoms with Crippen LogP contribution in [0.25, 0.3) is 21.5 Å². The highest BCUT2D eigenvalue weighted by Crippen LogP contribution is 2.41. The maximum absolute atomic E-state index is 6.56. The minimum atomic E-state index is 0.600. The number of hydrogen-bond donors (Lipinski definition) is 0. The van der Waals surface area contributed by atoms with Gasteiger partial charge in [-0.15, -0.1) is 0 Å². The molecular weight excluding hydrogens is 404 g/mol. The van der Waals surface area contributed by atoms with Crippen LogP contribution >= 0.6 is 0 Å². The predicted octanol–water partition coefficient (Wildman–Crippen LogP) is 6.20. The van der Waals surface area contributed by atoms with Crippen LogP contribution in [0.4, 0.5) is 5.69 Å². The number of anilines is 1. The van der Waals surface area contributed by atoms with Crippen molar-refractivity contribution in [3.05, 3.63) is 83.4 Å². The van der Waals surface area contributed by atoms with Gasteiger partial charge in [-0.05, 0) is 83.8 Å². The van der Waals surface area contributed by atoms with E-state index in [1.165, 1.54) is 63.2 Å². The van der Waals surface area contributed by atoms with E-state index in [-0.39, 0.29) is 0 Å². The average Bonchev–Trinajstić information content (AvgIpc) is 2.87. The highest BCUT2D eigenvalue weighted by molar-refractivity contribution is 6.12. The zero-order valence-corrected chi connectivity index (χ0v) is 19.5. The predicted molar refractivity (Wildman–Crippen MR) is 139 cm³/mol. The zero-order valence-electron chi connectivity index (χ0n) is 19.5. The number of fused-ring (bicyclic) bond motifs is 5. The Kier molecular flexibility index (Phi) is 5.43. The molecule has 6 rings (SSSR count). The molecule has 0 radical (unpaired) electrons. The molecule has 4 aromatic carbocycles. The molecule has 4 aromatic rings. The van der Waals surface area contributed by atoms with Crippen molar-refractivity contribution in [3.63, 3.8) is 0 Å². The summed E-state index contributed by atoms with van der Waals surface area (Å²) in [5.41, 5.74) is 5.54. The van der Waals surface area contributed by atoms with Gasteiger partial charge in [0.15, 0.2) is 0 Å². The zero-order chi connectivity index (χ0) is 22.2. The second-order valence-corrected chi connectivity index (χ2v) is 9.68. The molecule has 1 saturated heterocycles. The van der Waals surface area contributed by atoms with E-state index in [9.17, 15) is 0 Å². The fourth-order valence-corrected chi connectivity index (χ4v) is 5.57. The summed E-state index contributed by atoms with van der Waals surface area (Å²) in [4.78, 5) is 4.92. The second kappa shape index (κ2) is 8.72. The van der Waals surface area contributed by atoms with Crippen LogP contribution in [0.15, 0.2) is 66.7 Å².